The molecule has 0 heterocycles. The fraction of sp³-hybridized carbons (Fsp3) is 0.375. The van der Waals surface area contributed by atoms with E-state index in [4.69, 9.17) is 0 Å². The normalized spacial score (nSPS) is 8.33. The van der Waals surface area contributed by atoms with Gasteiger partial charge in [0.25, 0.3) is 0 Å². The van der Waals surface area contributed by atoms with Gasteiger partial charge in [0.05, 0.1) is 5.70 Å². The highest BCUT2D eigenvalue weighted by atomic mass is 14.7. The van der Waals surface area contributed by atoms with Gasteiger partial charge in [0.15, 0.2) is 0 Å². The third-order valence-corrected chi connectivity index (χ3v) is 1.04. The topological polar surface area (TPSA) is 12.4 Å². The molecule has 0 atom stereocenters. The Morgan fingerprint density at radius 3 is 1.67 bits per heavy atom. The van der Waals surface area contributed by atoms with Crippen molar-refractivity contribution in [1.29, 1.82) is 0 Å². The minimum absolute atomic E-state index is 0.926. The lowest BCUT2D eigenvalue weighted by Crippen LogP contribution is -1.81. The van der Waals surface area contributed by atoms with Crippen molar-refractivity contribution < 1.29 is 0 Å². The van der Waals surface area contributed by atoms with Crippen LogP contribution in [0.5, 0.6) is 0 Å². The zero-order valence-corrected chi connectivity index (χ0v) is 6.36. The van der Waals surface area contributed by atoms with Gasteiger partial charge in [-0.05, 0) is 33.1 Å². The van der Waals surface area contributed by atoms with Gasteiger partial charge in [-0.2, -0.15) is 0 Å². The number of hydrogen-bond acceptors (Lipinski definition) is 1. The maximum atomic E-state index is 3.82. The summed E-state index contributed by atoms with van der Waals surface area (Å²) in [6.45, 7) is 13.1. The predicted molar refractivity (Wildman–Crippen MR) is 42.7 cm³/mol. The van der Waals surface area contributed by atoms with Crippen LogP contribution in [-0.4, -0.2) is 6.72 Å². The summed E-state index contributed by atoms with van der Waals surface area (Å²) in [6, 6.07) is 0. The molecule has 0 saturated heterocycles. The maximum absolute atomic E-state index is 3.82. The van der Waals surface area contributed by atoms with Crippen molar-refractivity contribution in [3.05, 3.63) is 23.4 Å². The molecule has 0 aromatic carbocycles. The molecule has 0 unspecified atom stereocenters. The average molecular weight is 123 g/mol. The molecule has 0 fully saturated rings. The Kier molecular flexibility index (Phi) is 2.93. The Morgan fingerprint density at radius 2 is 1.67 bits per heavy atom. The van der Waals surface area contributed by atoms with E-state index in [2.05, 4.69) is 18.3 Å². The fourth-order valence-corrected chi connectivity index (χ4v) is 0.720. The molecule has 0 radical (unpaired) electrons. The number of allylic oxidation sites excluding steroid dienone is 2. The Bertz CT molecular complexity index is 159. The third kappa shape index (κ3) is 2.27. The van der Waals surface area contributed by atoms with Gasteiger partial charge in [0.1, 0.15) is 0 Å². The fourth-order valence-electron chi connectivity index (χ4n) is 0.720. The van der Waals surface area contributed by atoms with Crippen LogP contribution in [0.25, 0.3) is 0 Å². The predicted octanol–water partition coefficient (Wildman–Crippen LogP) is 2.56. The SMILES string of the molecule is C=NC(C(=C)C)=C(C)C. The van der Waals surface area contributed by atoms with E-state index in [1.807, 2.05) is 20.8 Å². The van der Waals surface area contributed by atoms with Crippen molar-refractivity contribution in [1.82, 2.24) is 0 Å². The second-order valence-corrected chi connectivity index (χ2v) is 2.29. The van der Waals surface area contributed by atoms with E-state index >= 15 is 0 Å². The smallest absolute Gasteiger partial charge is 0.0632 e. The summed E-state index contributed by atoms with van der Waals surface area (Å²) in [5.74, 6) is 0. The van der Waals surface area contributed by atoms with Gasteiger partial charge in [-0.1, -0.05) is 12.2 Å². The van der Waals surface area contributed by atoms with Crippen molar-refractivity contribution in [3.63, 3.8) is 0 Å². The Balaban J connectivity index is 4.55. The standard InChI is InChI=1S/C8H13N/c1-6(2)8(9-5)7(3)4/h1,5H2,2-4H3. The van der Waals surface area contributed by atoms with E-state index in [0.29, 0.717) is 0 Å². The number of rotatable bonds is 2. The molecule has 50 valence electrons. The zero-order chi connectivity index (χ0) is 7.44. The summed E-state index contributed by atoms with van der Waals surface area (Å²) in [6.07, 6.45) is 0. The molecule has 0 bridgehead atoms. The molecule has 0 aliphatic heterocycles. The van der Waals surface area contributed by atoms with E-state index < -0.39 is 0 Å². The molecular formula is C8H13N. The largest absolute Gasteiger partial charge is 0.264 e. The monoisotopic (exact) mass is 123 g/mol. The average Bonchev–Trinajstić information content (AvgIpc) is 1.64. The summed E-state index contributed by atoms with van der Waals surface area (Å²) in [5, 5.41) is 0. The van der Waals surface area contributed by atoms with Crippen molar-refractivity contribution in [2.75, 3.05) is 0 Å². The highest BCUT2D eigenvalue weighted by Gasteiger charge is 1.93. The van der Waals surface area contributed by atoms with E-state index in [9.17, 15) is 0 Å². The molecule has 0 aliphatic carbocycles. The van der Waals surface area contributed by atoms with Crippen molar-refractivity contribution >= 4 is 6.72 Å². The Morgan fingerprint density at radius 1 is 1.22 bits per heavy atom. The molecule has 0 amide bonds. The van der Waals surface area contributed by atoms with Gasteiger partial charge in [0.2, 0.25) is 0 Å². The first-order chi connectivity index (χ1) is 4.09. The van der Waals surface area contributed by atoms with Crippen LogP contribution in [0.4, 0.5) is 0 Å². The molecule has 0 spiro atoms. The van der Waals surface area contributed by atoms with Crippen LogP contribution < -0.4 is 0 Å². The van der Waals surface area contributed by atoms with E-state index in [1.54, 1.807) is 0 Å². The highest BCUT2D eigenvalue weighted by molar-refractivity contribution is 5.38. The lowest BCUT2D eigenvalue weighted by molar-refractivity contribution is 1.20. The van der Waals surface area contributed by atoms with Crippen LogP contribution in [0, 0.1) is 0 Å². The lowest BCUT2D eigenvalue weighted by Gasteiger charge is -1.99. The molecule has 0 saturated carbocycles. The van der Waals surface area contributed by atoms with Gasteiger partial charge in [-0.3, -0.25) is 4.99 Å². The summed E-state index contributed by atoms with van der Waals surface area (Å²) in [5.41, 5.74) is 3.07. The van der Waals surface area contributed by atoms with Gasteiger partial charge in [-0.15, -0.1) is 0 Å². The third-order valence-electron chi connectivity index (χ3n) is 1.04. The van der Waals surface area contributed by atoms with Crippen LogP contribution in [0.15, 0.2) is 28.4 Å². The highest BCUT2D eigenvalue weighted by Crippen LogP contribution is 2.11. The Hall–Kier alpha value is -0.850. The van der Waals surface area contributed by atoms with Crippen LogP contribution in [0.1, 0.15) is 20.8 Å². The van der Waals surface area contributed by atoms with Gasteiger partial charge >= 0.3 is 0 Å². The van der Waals surface area contributed by atoms with Crippen LogP contribution in [0.2, 0.25) is 0 Å². The first kappa shape index (κ1) is 8.15. The summed E-state index contributed by atoms with van der Waals surface area (Å²) < 4.78 is 0. The van der Waals surface area contributed by atoms with Gasteiger partial charge in [-0.25, -0.2) is 0 Å². The summed E-state index contributed by atoms with van der Waals surface area (Å²) >= 11 is 0. The first-order valence-electron chi connectivity index (χ1n) is 2.89. The molecule has 0 rings (SSSR count). The second-order valence-electron chi connectivity index (χ2n) is 2.29. The van der Waals surface area contributed by atoms with Gasteiger partial charge < -0.3 is 0 Å². The van der Waals surface area contributed by atoms with Crippen molar-refractivity contribution in [2.45, 2.75) is 20.8 Å². The molecule has 1 heteroatoms. The molecule has 1 nitrogen and oxygen atoms in total. The minimum atomic E-state index is 0.926. The van der Waals surface area contributed by atoms with E-state index in [-0.39, 0.29) is 0 Å². The minimum Gasteiger partial charge on any atom is -0.264 e. The van der Waals surface area contributed by atoms with Crippen LogP contribution in [-0.2, 0) is 0 Å². The molecule has 0 N–H and O–H groups in total. The summed E-state index contributed by atoms with van der Waals surface area (Å²) in [7, 11) is 0. The van der Waals surface area contributed by atoms with Crippen molar-refractivity contribution in [3.8, 4) is 0 Å². The van der Waals surface area contributed by atoms with Gasteiger partial charge in [0, 0.05) is 0 Å². The first-order valence-corrected chi connectivity index (χ1v) is 2.89. The van der Waals surface area contributed by atoms with E-state index in [0.717, 1.165) is 16.8 Å². The maximum Gasteiger partial charge on any atom is 0.0632 e. The molecular weight excluding hydrogens is 110 g/mol. The molecule has 0 aliphatic rings. The molecule has 0 aromatic rings. The van der Waals surface area contributed by atoms with E-state index in [1.165, 1.54) is 0 Å². The molecule has 9 heavy (non-hydrogen) atoms. The van der Waals surface area contributed by atoms with Crippen molar-refractivity contribution in [2.24, 2.45) is 4.99 Å². The Labute approximate surface area is 56.8 Å². The van der Waals surface area contributed by atoms with Crippen LogP contribution in [0.3, 0.4) is 0 Å². The zero-order valence-electron chi connectivity index (χ0n) is 6.36. The van der Waals surface area contributed by atoms with Crippen LogP contribution >= 0.6 is 0 Å². The number of aliphatic imine (C=N–C) groups is 1. The number of hydrogen-bond donors (Lipinski definition) is 0. The lowest BCUT2D eigenvalue weighted by atomic mass is 10.2. The number of nitrogens with zero attached hydrogens (tertiary/aromatic N) is 1. The quantitative estimate of drug-likeness (QED) is 0.395. The second kappa shape index (κ2) is 3.23. The molecule has 0 aromatic heterocycles. The summed E-state index contributed by atoms with van der Waals surface area (Å²) in [4.78, 5) is 3.82.